The molecule has 164 valence electrons. The maximum Gasteiger partial charge on any atom is 0.336 e. The highest BCUT2D eigenvalue weighted by Gasteiger charge is 2.19. The third-order valence-electron chi connectivity index (χ3n) is 5.75. The molecule has 1 aliphatic heterocycles. The molecule has 0 bridgehead atoms. The molecule has 1 saturated heterocycles. The minimum atomic E-state index is -0.331. The van der Waals surface area contributed by atoms with Gasteiger partial charge in [-0.05, 0) is 35.4 Å². The lowest BCUT2D eigenvalue weighted by Gasteiger charge is -2.35. The van der Waals surface area contributed by atoms with E-state index in [4.69, 9.17) is 18.6 Å². The van der Waals surface area contributed by atoms with Crippen LogP contribution in [0.3, 0.4) is 0 Å². The number of hydrogen-bond donors (Lipinski definition) is 0. The van der Waals surface area contributed by atoms with Gasteiger partial charge in [-0.25, -0.2) is 4.79 Å². The number of piperazine rings is 1. The summed E-state index contributed by atoms with van der Waals surface area (Å²) < 4.78 is 21.4. The summed E-state index contributed by atoms with van der Waals surface area (Å²) in [4.78, 5) is 16.9. The number of benzene rings is 2. The van der Waals surface area contributed by atoms with Gasteiger partial charge in [0.1, 0.15) is 11.3 Å². The average Bonchev–Trinajstić information content (AvgIpc) is 2.79. The van der Waals surface area contributed by atoms with Crippen molar-refractivity contribution in [2.24, 2.45) is 0 Å². The maximum absolute atomic E-state index is 12.0. The Labute approximate surface area is 181 Å². The number of ether oxygens (including phenoxy) is 3. The molecule has 0 saturated carbocycles. The lowest BCUT2D eigenvalue weighted by molar-refractivity contribution is 0.122. The summed E-state index contributed by atoms with van der Waals surface area (Å²) >= 11 is 0. The largest absolute Gasteiger partial charge is 0.497 e. The van der Waals surface area contributed by atoms with E-state index in [1.54, 1.807) is 33.5 Å². The second-order valence-electron chi connectivity index (χ2n) is 7.69. The van der Waals surface area contributed by atoms with Crippen LogP contribution in [0.15, 0.2) is 51.7 Å². The van der Waals surface area contributed by atoms with Crippen molar-refractivity contribution in [1.82, 2.24) is 9.80 Å². The van der Waals surface area contributed by atoms with Crippen LogP contribution in [-0.4, -0.2) is 57.3 Å². The predicted octanol–water partition coefficient (Wildman–Crippen LogP) is 3.14. The molecule has 3 aromatic rings. The van der Waals surface area contributed by atoms with Crippen LogP contribution in [0.5, 0.6) is 17.2 Å². The van der Waals surface area contributed by atoms with Crippen LogP contribution in [0.1, 0.15) is 11.1 Å². The van der Waals surface area contributed by atoms with Gasteiger partial charge < -0.3 is 18.6 Å². The van der Waals surface area contributed by atoms with Gasteiger partial charge in [0, 0.05) is 56.8 Å². The van der Waals surface area contributed by atoms with E-state index in [0.29, 0.717) is 11.3 Å². The molecule has 7 nitrogen and oxygen atoms in total. The summed E-state index contributed by atoms with van der Waals surface area (Å²) in [5, 5.41) is 0.952. The Morgan fingerprint density at radius 2 is 1.52 bits per heavy atom. The van der Waals surface area contributed by atoms with E-state index in [1.807, 2.05) is 24.3 Å². The number of methoxy groups -OCH3 is 3. The minimum absolute atomic E-state index is 0.331. The van der Waals surface area contributed by atoms with E-state index in [9.17, 15) is 4.79 Å². The topological polar surface area (TPSA) is 64.4 Å². The van der Waals surface area contributed by atoms with E-state index in [-0.39, 0.29) is 5.63 Å². The molecule has 1 aliphatic rings. The molecule has 0 unspecified atom stereocenters. The normalized spacial score (nSPS) is 15.2. The monoisotopic (exact) mass is 424 g/mol. The highest BCUT2D eigenvalue weighted by atomic mass is 16.5. The molecule has 31 heavy (non-hydrogen) atoms. The van der Waals surface area contributed by atoms with Crippen molar-refractivity contribution in [3.05, 3.63) is 64.0 Å². The number of rotatable bonds is 7. The number of fused-ring (bicyclic) bond motifs is 1. The first kappa shape index (κ1) is 21.2. The molecule has 4 rings (SSSR count). The van der Waals surface area contributed by atoms with Crippen LogP contribution in [0.25, 0.3) is 11.0 Å². The Balaban J connectivity index is 1.40. The fraction of sp³-hybridized carbons (Fsp3) is 0.375. The lowest BCUT2D eigenvalue weighted by atomic mass is 10.1. The summed E-state index contributed by atoms with van der Waals surface area (Å²) in [5.74, 6) is 2.18. The van der Waals surface area contributed by atoms with Gasteiger partial charge in [0.05, 0.1) is 21.3 Å². The van der Waals surface area contributed by atoms with Gasteiger partial charge in [-0.2, -0.15) is 0 Å². The zero-order valence-corrected chi connectivity index (χ0v) is 18.2. The van der Waals surface area contributed by atoms with Crippen molar-refractivity contribution >= 4 is 11.0 Å². The first-order chi connectivity index (χ1) is 15.1. The molecular formula is C24H28N2O5. The van der Waals surface area contributed by atoms with Crippen molar-refractivity contribution < 1.29 is 18.6 Å². The Hall–Kier alpha value is -3.03. The molecule has 0 aliphatic carbocycles. The summed E-state index contributed by atoms with van der Waals surface area (Å²) in [6.45, 7) is 5.38. The Morgan fingerprint density at radius 1 is 0.806 bits per heavy atom. The fourth-order valence-corrected chi connectivity index (χ4v) is 4.05. The van der Waals surface area contributed by atoms with Crippen molar-refractivity contribution in [2.45, 2.75) is 13.1 Å². The van der Waals surface area contributed by atoms with E-state index < -0.39 is 0 Å². The lowest BCUT2D eigenvalue weighted by Crippen LogP contribution is -2.45. The highest BCUT2D eigenvalue weighted by molar-refractivity contribution is 5.81. The average molecular weight is 424 g/mol. The first-order valence-electron chi connectivity index (χ1n) is 10.4. The second-order valence-corrected chi connectivity index (χ2v) is 7.69. The predicted molar refractivity (Wildman–Crippen MR) is 119 cm³/mol. The van der Waals surface area contributed by atoms with Gasteiger partial charge in [-0.1, -0.05) is 6.07 Å². The first-order valence-corrected chi connectivity index (χ1v) is 10.4. The van der Waals surface area contributed by atoms with Crippen molar-refractivity contribution in [2.75, 3.05) is 47.5 Å². The number of nitrogens with zero attached hydrogens (tertiary/aromatic N) is 2. The molecule has 2 aromatic carbocycles. The quantitative estimate of drug-likeness (QED) is 0.540. The third-order valence-corrected chi connectivity index (χ3v) is 5.75. The molecule has 0 radical (unpaired) electrons. The third kappa shape index (κ3) is 4.84. The van der Waals surface area contributed by atoms with Crippen LogP contribution in [-0.2, 0) is 13.1 Å². The molecular weight excluding hydrogens is 396 g/mol. The molecule has 2 heterocycles. The van der Waals surface area contributed by atoms with Gasteiger partial charge >= 0.3 is 5.63 Å². The van der Waals surface area contributed by atoms with Gasteiger partial charge in [0.2, 0.25) is 0 Å². The zero-order chi connectivity index (χ0) is 21.8. The summed E-state index contributed by atoms with van der Waals surface area (Å²) in [6.07, 6.45) is 0. The molecule has 1 aromatic heterocycles. The van der Waals surface area contributed by atoms with Crippen LogP contribution in [0.4, 0.5) is 0 Å². The van der Waals surface area contributed by atoms with Crippen LogP contribution in [0.2, 0.25) is 0 Å². The maximum atomic E-state index is 12.0. The SMILES string of the molecule is COc1ccc2c(CN3CCN(Cc4ccc(OC)c(OC)c4)CC3)cc(=O)oc2c1. The highest BCUT2D eigenvalue weighted by Crippen LogP contribution is 2.28. The van der Waals surface area contributed by atoms with Crippen molar-refractivity contribution in [3.63, 3.8) is 0 Å². The van der Waals surface area contributed by atoms with E-state index in [1.165, 1.54) is 5.56 Å². The Morgan fingerprint density at radius 3 is 2.19 bits per heavy atom. The smallest absolute Gasteiger partial charge is 0.336 e. The molecule has 1 fully saturated rings. The summed E-state index contributed by atoms with van der Waals surface area (Å²) in [5.41, 5.74) is 2.42. The summed E-state index contributed by atoms with van der Waals surface area (Å²) in [7, 11) is 4.90. The van der Waals surface area contributed by atoms with Gasteiger partial charge in [0.15, 0.2) is 11.5 Å². The van der Waals surface area contributed by atoms with Crippen molar-refractivity contribution in [3.8, 4) is 17.2 Å². The van der Waals surface area contributed by atoms with Crippen LogP contribution < -0.4 is 19.8 Å². The molecule has 0 amide bonds. The fourth-order valence-electron chi connectivity index (χ4n) is 4.05. The minimum Gasteiger partial charge on any atom is -0.497 e. The molecule has 0 atom stereocenters. The summed E-state index contributed by atoms with van der Waals surface area (Å²) in [6, 6.07) is 13.3. The van der Waals surface area contributed by atoms with E-state index in [2.05, 4.69) is 15.9 Å². The second kappa shape index (κ2) is 9.41. The Kier molecular flexibility index (Phi) is 6.44. The van der Waals surface area contributed by atoms with Gasteiger partial charge in [-0.3, -0.25) is 9.80 Å². The zero-order valence-electron chi connectivity index (χ0n) is 18.2. The molecule has 0 spiro atoms. The standard InChI is InChI=1S/C24H28N2O5/c1-28-19-5-6-20-18(13-24(27)31-22(20)14-19)16-26-10-8-25(9-11-26)15-17-4-7-21(29-2)23(12-17)30-3/h4-7,12-14H,8-11,15-16H2,1-3H3. The molecule has 7 heteroatoms. The van der Waals surface area contributed by atoms with Gasteiger partial charge in [0.25, 0.3) is 0 Å². The number of hydrogen-bond acceptors (Lipinski definition) is 7. The molecule has 0 N–H and O–H groups in total. The Bertz CT molecular complexity index is 1100. The van der Waals surface area contributed by atoms with Crippen LogP contribution >= 0.6 is 0 Å². The van der Waals surface area contributed by atoms with E-state index in [0.717, 1.165) is 61.7 Å². The van der Waals surface area contributed by atoms with Crippen LogP contribution in [0, 0.1) is 0 Å². The van der Waals surface area contributed by atoms with Crippen molar-refractivity contribution in [1.29, 1.82) is 0 Å². The van der Waals surface area contributed by atoms with Gasteiger partial charge in [-0.15, -0.1) is 0 Å². The van der Waals surface area contributed by atoms with E-state index >= 15 is 0 Å².